The molecule has 0 saturated heterocycles. The highest BCUT2D eigenvalue weighted by molar-refractivity contribution is 5.93. The smallest absolute Gasteiger partial charge is 0.272 e. The standard InChI is InChI=1S/C13H14N6O/c1-2-18-9-10(8-16-18)7-15-13(20)11-6-12-14-4-3-5-19(12)17-11/h3-6,8-9H,2,7H2,1H3,(H,15,20). The van der Waals surface area contributed by atoms with Gasteiger partial charge >= 0.3 is 0 Å². The number of carbonyl (C=O) groups excluding carboxylic acids is 1. The third kappa shape index (κ3) is 2.37. The van der Waals surface area contributed by atoms with Crippen LogP contribution in [0.2, 0.25) is 0 Å². The monoisotopic (exact) mass is 270 g/mol. The molecule has 0 radical (unpaired) electrons. The van der Waals surface area contributed by atoms with Gasteiger partial charge in [-0.1, -0.05) is 0 Å². The molecule has 7 heteroatoms. The van der Waals surface area contributed by atoms with E-state index in [1.165, 1.54) is 0 Å². The van der Waals surface area contributed by atoms with E-state index in [-0.39, 0.29) is 5.91 Å². The average molecular weight is 270 g/mol. The van der Waals surface area contributed by atoms with Gasteiger partial charge in [0, 0.05) is 43.3 Å². The molecule has 3 aromatic heterocycles. The number of carbonyl (C=O) groups is 1. The molecule has 1 amide bonds. The van der Waals surface area contributed by atoms with Crippen molar-refractivity contribution >= 4 is 11.6 Å². The number of hydrogen-bond donors (Lipinski definition) is 1. The summed E-state index contributed by atoms with van der Waals surface area (Å²) in [5, 5.41) is 11.1. The van der Waals surface area contributed by atoms with Gasteiger partial charge in [-0.3, -0.25) is 9.48 Å². The maximum absolute atomic E-state index is 12.0. The van der Waals surface area contributed by atoms with Gasteiger partial charge in [-0.25, -0.2) is 9.50 Å². The lowest BCUT2D eigenvalue weighted by Crippen LogP contribution is -2.23. The van der Waals surface area contributed by atoms with Gasteiger partial charge in [0.15, 0.2) is 11.3 Å². The number of rotatable bonds is 4. The van der Waals surface area contributed by atoms with Crippen molar-refractivity contribution in [1.29, 1.82) is 0 Å². The van der Waals surface area contributed by atoms with E-state index in [9.17, 15) is 4.79 Å². The molecule has 0 bridgehead atoms. The predicted molar refractivity (Wildman–Crippen MR) is 72.1 cm³/mol. The Morgan fingerprint density at radius 2 is 2.35 bits per heavy atom. The minimum Gasteiger partial charge on any atom is -0.346 e. The maximum Gasteiger partial charge on any atom is 0.272 e. The minimum atomic E-state index is -0.222. The van der Waals surface area contributed by atoms with Crippen LogP contribution in [0.15, 0.2) is 36.9 Å². The molecule has 0 unspecified atom stereocenters. The third-order valence-corrected chi connectivity index (χ3v) is 2.93. The van der Waals surface area contributed by atoms with E-state index in [0.29, 0.717) is 17.9 Å². The van der Waals surface area contributed by atoms with Crippen LogP contribution in [-0.4, -0.2) is 30.3 Å². The van der Waals surface area contributed by atoms with E-state index >= 15 is 0 Å². The summed E-state index contributed by atoms with van der Waals surface area (Å²) in [6.45, 7) is 3.26. The van der Waals surface area contributed by atoms with E-state index in [1.54, 1.807) is 35.2 Å². The largest absolute Gasteiger partial charge is 0.346 e. The van der Waals surface area contributed by atoms with Gasteiger partial charge in [0.1, 0.15) is 0 Å². The summed E-state index contributed by atoms with van der Waals surface area (Å²) in [4.78, 5) is 16.1. The topological polar surface area (TPSA) is 77.1 Å². The molecule has 102 valence electrons. The van der Waals surface area contributed by atoms with E-state index in [1.807, 2.05) is 17.8 Å². The lowest BCUT2D eigenvalue weighted by atomic mass is 10.3. The fourth-order valence-electron chi connectivity index (χ4n) is 1.88. The Morgan fingerprint density at radius 3 is 3.10 bits per heavy atom. The summed E-state index contributed by atoms with van der Waals surface area (Å²) < 4.78 is 3.39. The molecule has 3 rings (SSSR count). The third-order valence-electron chi connectivity index (χ3n) is 2.93. The molecule has 0 aromatic carbocycles. The zero-order valence-electron chi connectivity index (χ0n) is 11.0. The zero-order chi connectivity index (χ0) is 13.9. The van der Waals surface area contributed by atoms with Crippen LogP contribution in [0.1, 0.15) is 23.0 Å². The van der Waals surface area contributed by atoms with Crippen LogP contribution in [-0.2, 0) is 13.1 Å². The highest BCUT2D eigenvalue weighted by Crippen LogP contribution is 2.03. The summed E-state index contributed by atoms with van der Waals surface area (Å²) in [6, 6.07) is 3.42. The highest BCUT2D eigenvalue weighted by Gasteiger charge is 2.11. The van der Waals surface area contributed by atoms with E-state index in [4.69, 9.17) is 0 Å². The lowest BCUT2D eigenvalue weighted by molar-refractivity contribution is 0.0945. The Kier molecular flexibility index (Phi) is 3.16. The van der Waals surface area contributed by atoms with E-state index in [0.717, 1.165) is 12.1 Å². The molecule has 3 heterocycles. The Bertz CT molecular complexity index is 711. The normalized spacial score (nSPS) is 10.8. The SMILES string of the molecule is CCn1cc(CNC(=O)c2cc3ncccn3n2)cn1. The molecule has 1 N–H and O–H groups in total. The quantitative estimate of drug-likeness (QED) is 0.763. The second kappa shape index (κ2) is 5.12. The Balaban J connectivity index is 1.69. The summed E-state index contributed by atoms with van der Waals surface area (Å²) in [5.41, 5.74) is 1.96. The molecule has 0 aliphatic carbocycles. The molecule has 0 aliphatic heterocycles. The van der Waals surface area contributed by atoms with E-state index in [2.05, 4.69) is 20.5 Å². The van der Waals surface area contributed by atoms with Gasteiger partial charge in [0.05, 0.1) is 6.20 Å². The number of aryl methyl sites for hydroxylation is 1. The molecule has 0 spiro atoms. The molecular formula is C13H14N6O. The van der Waals surface area contributed by atoms with Crippen LogP contribution in [0, 0.1) is 0 Å². The minimum absolute atomic E-state index is 0.222. The van der Waals surface area contributed by atoms with Gasteiger partial charge in [-0.05, 0) is 13.0 Å². The fourth-order valence-corrected chi connectivity index (χ4v) is 1.88. The number of fused-ring (bicyclic) bond motifs is 1. The van der Waals surface area contributed by atoms with Gasteiger partial charge in [0.2, 0.25) is 0 Å². The first-order chi connectivity index (χ1) is 9.76. The predicted octanol–water partition coefficient (Wildman–Crippen LogP) is 0.876. The van der Waals surface area contributed by atoms with Crippen LogP contribution in [0.4, 0.5) is 0 Å². The summed E-state index contributed by atoms with van der Waals surface area (Å²) >= 11 is 0. The Labute approximate surface area is 115 Å². The van der Waals surface area contributed by atoms with Crippen LogP contribution >= 0.6 is 0 Å². The highest BCUT2D eigenvalue weighted by atomic mass is 16.1. The number of amides is 1. The Hall–Kier alpha value is -2.70. The molecule has 3 aromatic rings. The van der Waals surface area contributed by atoms with Crippen molar-refractivity contribution in [1.82, 2.24) is 29.7 Å². The van der Waals surface area contributed by atoms with Crippen molar-refractivity contribution in [3.05, 3.63) is 48.2 Å². The molecule has 0 saturated carbocycles. The van der Waals surface area contributed by atoms with Crippen molar-refractivity contribution in [3.63, 3.8) is 0 Å². The number of nitrogens with one attached hydrogen (secondary N) is 1. The van der Waals surface area contributed by atoms with Crippen LogP contribution in [0.5, 0.6) is 0 Å². The zero-order valence-corrected chi connectivity index (χ0v) is 11.0. The number of hydrogen-bond acceptors (Lipinski definition) is 4. The van der Waals surface area contributed by atoms with Crippen LogP contribution in [0.25, 0.3) is 5.65 Å². The molecular weight excluding hydrogens is 256 g/mol. The van der Waals surface area contributed by atoms with Crippen LogP contribution < -0.4 is 5.32 Å². The molecule has 7 nitrogen and oxygen atoms in total. The first-order valence-corrected chi connectivity index (χ1v) is 6.36. The van der Waals surface area contributed by atoms with Crippen molar-refractivity contribution in [3.8, 4) is 0 Å². The van der Waals surface area contributed by atoms with Crippen molar-refractivity contribution in [2.75, 3.05) is 0 Å². The van der Waals surface area contributed by atoms with Gasteiger partial charge in [-0.15, -0.1) is 0 Å². The van der Waals surface area contributed by atoms with Crippen molar-refractivity contribution in [2.45, 2.75) is 20.0 Å². The average Bonchev–Trinajstić information content (AvgIpc) is 3.10. The first-order valence-electron chi connectivity index (χ1n) is 6.36. The Morgan fingerprint density at radius 1 is 1.45 bits per heavy atom. The fraction of sp³-hybridized carbons (Fsp3) is 0.231. The van der Waals surface area contributed by atoms with Crippen LogP contribution in [0.3, 0.4) is 0 Å². The van der Waals surface area contributed by atoms with E-state index < -0.39 is 0 Å². The lowest BCUT2D eigenvalue weighted by Gasteiger charge is -1.99. The second-order valence-electron chi connectivity index (χ2n) is 4.34. The molecule has 0 fully saturated rings. The molecule has 0 aliphatic rings. The number of nitrogens with zero attached hydrogens (tertiary/aromatic N) is 5. The summed E-state index contributed by atoms with van der Waals surface area (Å²) in [5.74, 6) is -0.222. The maximum atomic E-state index is 12.0. The van der Waals surface area contributed by atoms with Crippen molar-refractivity contribution < 1.29 is 4.79 Å². The second-order valence-corrected chi connectivity index (χ2v) is 4.34. The summed E-state index contributed by atoms with van der Waals surface area (Å²) in [7, 11) is 0. The van der Waals surface area contributed by atoms with Crippen molar-refractivity contribution in [2.24, 2.45) is 0 Å². The van der Waals surface area contributed by atoms with Gasteiger partial charge in [0.25, 0.3) is 5.91 Å². The first kappa shape index (κ1) is 12.3. The van der Waals surface area contributed by atoms with Gasteiger partial charge < -0.3 is 5.32 Å². The van der Waals surface area contributed by atoms with Gasteiger partial charge in [-0.2, -0.15) is 10.2 Å². The number of aromatic nitrogens is 5. The molecule has 0 atom stereocenters. The summed E-state index contributed by atoms with van der Waals surface area (Å²) in [6.07, 6.45) is 7.07. The molecule has 20 heavy (non-hydrogen) atoms.